The zero-order chi connectivity index (χ0) is 15.5. The van der Waals surface area contributed by atoms with Crippen LogP contribution in [0.25, 0.3) is 6.08 Å². The van der Waals surface area contributed by atoms with Gasteiger partial charge in [0.25, 0.3) is 0 Å². The summed E-state index contributed by atoms with van der Waals surface area (Å²) >= 11 is 9.30. The van der Waals surface area contributed by atoms with Crippen molar-refractivity contribution in [2.75, 3.05) is 0 Å². The van der Waals surface area contributed by atoms with E-state index in [4.69, 9.17) is 11.6 Å². The summed E-state index contributed by atoms with van der Waals surface area (Å²) in [6.45, 7) is 0. The Morgan fingerprint density at radius 2 is 1.81 bits per heavy atom. The highest BCUT2D eigenvalue weighted by atomic mass is 79.9. The summed E-state index contributed by atoms with van der Waals surface area (Å²) < 4.78 is 37.6. The zero-order valence-corrected chi connectivity index (χ0v) is 13.9. The number of halogens is 3. The lowest BCUT2D eigenvalue weighted by Gasteiger charge is -2.01. The Labute approximate surface area is 136 Å². The molecule has 0 spiro atoms. The number of benzene rings is 2. The van der Waals surface area contributed by atoms with Gasteiger partial charge in [-0.25, -0.2) is 12.8 Å². The van der Waals surface area contributed by atoms with Gasteiger partial charge in [-0.3, -0.25) is 0 Å². The average molecular weight is 390 g/mol. The first-order valence-corrected chi connectivity index (χ1v) is 8.85. The molecular weight excluding hydrogens is 379 g/mol. The molecule has 0 saturated carbocycles. The molecule has 0 amide bonds. The molecular formula is C15H11BrClFO2S. The lowest BCUT2D eigenvalue weighted by molar-refractivity contribution is 0.603. The molecule has 21 heavy (non-hydrogen) atoms. The van der Waals surface area contributed by atoms with Crippen LogP contribution in [0.2, 0.25) is 5.02 Å². The lowest BCUT2D eigenvalue weighted by atomic mass is 10.2. The Morgan fingerprint density at radius 1 is 1.14 bits per heavy atom. The van der Waals surface area contributed by atoms with Crippen LogP contribution in [-0.2, 0) is 15.6 Å². The van der Waals surface area contributed by atoms with Crippen LogP contribution in [0.3, 0.4) is 0 Å². The molecule has 0 bridgehead atoms. The molecule has 2 rings (SSSR count). The molecule has 2 aromatic carbocycles. The van der Waals surface area contributed by atoms with Gasteiger partial charge >= 0.3 is 0 Å². The maximum atomic E-state index is 12.8. The summed E-state index contributed by atoms with van der Waals surface area (Å²) in [7, 11) is -3.45. The van der Waals surface area contributed by atoms with Crippen molar-refractivity contribution in [1.29, 1.82) is 0 Å². The molecule has 0 heterocycles. The highest BCUT2D eigenvalue weighted by Crippen LogP contribution is 2.23. The predicted octanol–water partition coefficient (Wildman–Crippen LogP) is 4.83. The molecule has 0 fully saturated rings. The Hall–Kier alpha value is -1.17. The van der Waals surface area contributed by atoms with Crippen LogP contribution in [0.15, 0.2) is 52.3 Å². The quantitative estimate of drug-likeness (QED) is 0.751. The first kappa shape index (κ1) is 16.2. The van der Waals surface area contributed by atoms with E-state index in [0.29, 0.717) is 16.1 Å². The third kappa shape index (κ3) is 4.95. The Morgan fingerprint density at radius 3 is 2.43 bits per heavy atom. The van der Waals surface area contributed by atoms with Gasteiger partial charge in [0.05, 0.1) is 5.75 Å². The van der Waals surface area contributed by atoms with Gasteiger partial charge in [0, 0.05) is 14.9 Å². The van der Waals surface area contributed by atoms with Crippen molar-refractivity contribution in [2.45, 2.75) is 5.75 Å². The van der Waals surface area contributed by atoms with Gasteiger partial charge in [0.15, 0.2) is 9.84 Å². The van der Waals surface area contributed by atoms with Crippen LogP contribution in [-0.4, -0.2) is 8.42 Å². The molecule has 0 atom stereocenters. The van der Waals surface area contributed by atoms with Crippen molar-refractivity contribution in [2.24, 2.45) is 0 Å². The van der Waals surface area contributed by atoms with E-state index in [9.17, 15) is 12.8 Å². The summed E-state index contributed by atoms with van der Waals surface area (Å²) in [4.78, 5) is 0. The number of hydrogen-bond acceptors (Lipinski definition) is 2. The summed E-state index contributed by atoms with van der Waals surface area (Å²) in [5, 5.41) is 1.57. The van der Waals surface area contributed by atoms with Crippen LogP contribution in [0.5, 0.6) is 0 Å². The third-order valence-corrected chi connectivity index (χ3v) is 4.81. The van der Waals surface area contributed by atoms with Crippen LogP contribution >= 0.6 is 27.5 Å². The van der Waals surface area contributed by atoms with Gasteiger partial charge in [0.2, 0.25) is 0 Å². The Bertz CT molecular complexity index is 771. The second-order valence-electron chi connectivity index (χ2n) is 4.40. The van der Waals surface area contributed by atoms with Gasteiger partial charge in [-0.15, -0.1) is 0 Å². The van der Waals surface area contributed by atoms with Gasteiger partial charge in [-0.1, -0.05) is 45.7 Å². The van der Waals surface area contributed by atoms with Crippen molar-refractivity contribution in [1.82, 2.24) is 0 Å². The standard InChI is InChI=1S/C15H11BrClFO2S/c16-13-4-3-12(15(17)9-13)7-8-21(19,20)10-11-1-5-14(18)6-2-11/h1-9H,10H2/b8-7+. The van der Waals surface area contributed by atoms with Crippen LogP contribution in [0.1, 0.15) is 11.1 Å². The van der Waals surface area contributed by atoms with Crippen molar-refractivity contribution < 1.29 is 12.8 Å². The van der Waals surface area contributed by atoms with E-state index in [0.717, 1.165) is 9.88 Å². The first-order valence-electron chi connectivity index (χ1n) is 5.96. The summed E-state index contributed by atoms with van der Waals surface area (Å²) in [5.74, 6) is -0.578. The highest BCUT2D eigenvalue weighted by molar-refractivity contribution is 9.10. The van der Waals surface area contributed by atoms with Crippen molar-refractivity contribution >= 4 is 43.4 Å². The van der Waals surface area contributed by atoms with E-state index >= 15 is 0 Å². The van der Waals surface area contributed by atoms with E-state index in [-0.39, 0.29) is 5.75 Å². The highest BCUT2D eigenvalue weighted by Gasteiger charge is 2.08. The molecule has 0 N–H and O–H groups in total. The molecule has 0 radical (unpaired) electrons. The maximum absolute atomic E-state index is 12.8. The minimum Gasteiger partial charge on any atom is -0.224 e. The second kappa shape index (κ2) is 6.73. The third-order valence-electron chi connectivity index (χ3n) is 2.70. The zero-order valence-electron chi connectivity index (χ0n) is 10.8. The lowest BCUT2D eigenvalue weighted by Crippen LogP contribution is -2.00. The van der Waals surface area contributed by atoms with Crippen LogP contribution in [0.4, 0.5) is 4.39 Å². The fourth-order valence-corrected chi connectivity index (χ4v) is 3.52. The molecule has 0 aliphatic heterocycles. The summed E-state index contributed by atoms with van der Waals surface area (Å²) in [5.41, 5.74) is 1.14. The minimum atomic E-state index is -3.45. The molecule has 110 valence electrons. The largest absolute Gasteiger partial charge is 0.224 e. The van der Waals surface area contributed by atoms with Crippen LogP contribution in [0, 0.1) is 5.82 Å². The van der Waals surface area contributed by atoms with Gasteiger partial charge in [-0.05, 0) is 41.5 Å². The SMILES string of the molecule is O=S(=O)(/C=C/c1ccc(Br)cc1Cl)Cc1ccc(F)cc1. The predicted molar refractivity (Wildman–Crippen MR) is 87.2 cm³/mol. The van der Waals surface area contributed by atoms with E-state index in [1.54, 1.807) is 18.2 Å². The molecule has 0 saturated heterocycles. The topological polar surface area (TPSA) is 34.1 Å². The van der Waals surface area contributed by atoms with Gasteiger partial charge in [-0.2, -0.15) is 0 Å². The van der Waals surface area contributed by atoms with Gasteiger partial charge in [0.1, 0.15) is 5.82 Å². The second-order valence-corrected chi connectivity index (χ2v) is 7.61. The van der Waals surface area contributed by atoms with E-state index in [2.05, 4.69) is 15.9 Å². The van der Waals surface area contributed by atoms with Crippen molar-refractivity contribution in [3.63, 3.8) is 0 Å². The normalized spacial score (nSPS) is 12.0. The Kier molecular flexibility index (Phi) is 5.19. The molecule has 6 heteroatoms. The van der Waals surface area contributed by atoms with Gasteiger partial charge < -0.3 is 0 Å². The molecule has 0 unspecified atom stereocenters. The first-order chi connectivity index (χ1) is 9.85. The molecule has 2 aromatic rings. The minimum absolute atomic E-state index is 0.183. The Balaban J connectivity index is 2.16. The summed E-state index contributed by atoms with van der Waals surface area (Å²) in [6, 6.07) is 10.6. The number of sulfone groups is 1. The molecule has 2 nitrogen and oxygen atoms in total. The molecule has 0 aromatic heterocycles. The summed E-state index contributed by atoms with van der Waals surface area (Å²) in [6.07, 6.45) is 1.45. The average Bonchev–Trinajstić information content (AvgIpc) is 2.40. The molecule has 0 aliphatic carbocycles. The number of rotatable bonds is 4. The van der Waals surface area contributed by atoms with Crippen molar-refractivity contribution in [3.8, 4) is 0 Å². The fourth-order valence-electron chi connectivity index (χ4n) is 1.67. The van der Waals surface area contributed by atoms with E-state index < -0.39 is 15.7 Å². The van der Waals surface area contributed by atoms with E-state index in [1.165, 1.54) is 30.3 Å². The molecule has 0 aliphatic rings. The number of hydrogen-bond donors (Lipinski definition) is 0. The smallest absolute Gasteiger partial charge is 0.175 e. The maximum Gasteiger partial charge on any atom is 0.175 e. The van der Waals surface area contributed by atoms with E-state index in [1.807, 2.05) is 0 Å². The fraction of sp³-hybridized carbons (Fsp3) is 0.0667. The van der Waals surface area contributed by atoms with Crippen LogP contribution < -0.4 is 0 Å². The monoisotopic (exact) mass is 388 g/mol. The van der Waals surface area contributed by atoms with Crippen molar-refractivity contribution in [3.05, 3.63) is 74.3 Å².